The van der Waals surface area contributed by atoms with Crippen LogP contribution in [0.3, 0.4) is 0 Å². The summed E-state index contributed by atoms with van der Waals surface area (Å²) in [5.74, 6) is -0.716. The maximum absolute atomic E-state index is 12.2. The number of carbonyl (C=O) groups is 2. The second-order valence-electron chi connectivity index (χ2n) is 5.52. The number of amides is 1. The SMILES string of the molecule is C=CCN(CC=C)C(=O)CN1CCC(C)(C(=O)O)CC1. The molecule has 0 unspecified atom stereocenters. The quantitative estimate of drug-likeness (QED) is 0.716. The van der Waals surface area contributed by atoms with Gasteiger partial charge < -0.3 is 10.0 Å². The molecule has 20 heavy (non-hydrogen) atoms. The van der Waals surface area contributed by atoms with E-state index in [-0.39, 0.29) is 5.91 Å². The summed E-state index contributed by atoms with van der Waals surface area (Å²) < 4.78 is 0. The molecule has 112 valence electrons. The van der Waals surface area contributed by atoms with E-state index in [9.17, 15) is 14.7 Å². The van der Waals surface area contributed by atoms with E-state index in [2.05, 4.69) is 13.2 Å². The molecule has 5 heteroatoms. The van der Waals surface area contributed by atoms with Crippen LogP contribution in [0.25, 0.3) is 0 Å². The number of carboxylic acid groups (broad SMARTS) is 1. The van der Waals surface area contributed by atoms with Crippen molar-refractivity contribution >= 4 is 11.9 Å². The monoisotopic (exact) mass is 280 g/mol. The van der Waals surface area contributed by atoms with E-state index >= 15 is 0 Å². The van der Waals surface area contributed by atoms with E-state index in [4.69, 9.17) is 0 Å². The lowest BCUT2D eigenvalue weighted by molar-refractivity contribution is -0.150. The van der Waals surface area contributed by atoms with Gasteiger partial charge in [0.05, 0.1) is 12.0 Å². The molecule has 0 spiro atoms. The number of piperidine rings is 1. The Bertz CT molecular complexity index is 375. The summed E-state index contributed by atoms with van der Waals surface area (Å²) in [5, 5.41) is 9.18. The molecule has 0 atom stereocenters. The summed E-state index contributed by atoms with van der Waals surface area (Å²) >= 11 is 0. The summed E-state index contributed by atoms with van der Waals surface area (Å²) in [6.45, 7) is 11.7. The van der Waals surface area contributed by atoms with Crippen molar-refractivity contribution in [3.05, 3.63) is 25.3 Å². The molecule has 0 bridgehead atoms. The van der Waals surface area contributed by atoms with Crippen LogP contribution in [0.2, 0.25) is 0 Å². The highest BCUT2D eigenvalue weighted by Crippen LogP contribution is 2.30. The molecular formula is C15H24N2O3. The number of nitrogens with zero attached hydrogens (tertiary/aromatic N) is 2. The van der Waals surface area contributed by atoms with Crippen molar-refractivity contribution in [1.82, 2.24) is 9.80 Å². The Morgan fingerprint density at radius 3 is 2.15 bits per heavy atom. The van der Waals surface area contributed by atoms with Crippen LogP contribution >= 0.6 is 0 Å². The highest BCUT2D eigenvalue weighted by Gasteiger charge is 2.37. The summed E-state index contributed by atoms with van der Waals surface area (Å²) in [5.41, 5.74) is -0.651. The van der Waals surface area contributed by atoms with Gasteiger partial charge in [0.2, 0.25) is 5.91 Å². The summed E-state index contributed by atoms with van der Waals surface area (Å²) in [6, 6.07) is 0. The summed E-state index contributed by atoms with van der Waals surface area (Å²) in [7, 11) is 0. The Morgan fingerprint density at radius 2 is 1.75 bits per heavy atom. The Labute approximate surface area is 120 Å². The first-order valence-electron chi connectivity index (χ1n) is 6.88. The zero-order valence-electron chi connectivity index (χ0n) is 12.2. The lowest BCUT2D eigenvalue weighted by Crippen LogP contribution is -2.47. The van der Waals surface area contributed by atoms with Gasteiger partial charge in [0.15, 0.2) is 0 Å². The van der Waals surface area contributed by atoms with Crippen LogP contribution in [0.5, 0.6) is 0 Å². The minimum absolute atomic E-state index is 0.0312. The molecule has 0 saturated carbocycles. The fraction of sp³-hybridized carbons (Fsp3) is 0.600. The predicted molar refractivity (Wildman–Crippen MR) is 78.4 cm³/mol. The molecule has 1 N–H and O–H groups in total. The topological polar surface area (TPSA) is 60.9 Å². The molecular weight excluding hydrogens is 256 g/mol. The Kier molecular flexibility index (Phi) is 5.95. The molecule has 1 saturated heterocycles. The minimum Gasteiger partial charge on any atom is -0.481 e. The standard InChI is InChI=1S/C15H24N2O3/c1-4-8-17(9-5-2)13(18)12-16-10-6-15(3,7-11-16)14(19)20/h4-5H,1-2,6-12H2,3H3,(H,19,20). The first-order valence-corrected chi connectivity index (χ1v) is 6.88. The van der Waals surface area contributed by atoms with Crippen LogP contribution in [0, 0.1) is 5.41 Å². The Morgan fingerprint density at radius 1 is 1.25 bits per heavy atom. The average molecular weight is 280 g/mol. The molecule has 0 aliphatic carbocycles. The van der Waals surface area contributed by atoms with E-state index in [1.165, 1.54) is 0 Å². The van der Waals surface area contributed by atoms with E-state index in [1.54, 1.807) is 24.0 Å². The number of hydrogen-bond acceptors (Lipinski definition) is 3. The zero-order chi connectivity index (χ0) is 15.2. The largest absolute Gasteiger partial charge is 0.481 e. The van der Waals surface area contributed by atoms with E-state index in [0.717, 1.165) is 0 Å². The first kappa shape index (κ1) is 16.4. The third-order valence-electron chi connectivity index (χ3n) is 3.89. The van der Waals surface area contributed by atoms with Gasteiger partial charge in [-0.05, 0) is 32.9 Å². The molecule has 0 aromatic heterocycles. The van der Waals surface area contributed by atoms with Gasteiger partial charge in [0.1, 0.15) is 0 Å². The van der Waals surface area contributed by atoms with Crippen LogP contribution in [-0.4, -0.2) is 59.5 Å². The van der Waals surface area contributed by atoms with E-state index < -0.39 is 11.4 Å². The van der Waals surface area contributed by atoms with Crippen molar-refractivity contribution < 1.29 is 14.7 Å². The highest BCUT2D eigenvalue weighted by atomic mass is 16.4. The maximum Gasteiger partial charge on any atom is 0.309 e. The third kappa shape index (κ3) is 4.20. The normalized spacial score (nSPS) is 18.2. The molecule has 1 rings (SSSR count). The van der Waals surface area contributed by atoms with Crippen molar-refractivity contribution in [3.63, 3.8) is 0 Å². The first-order chi connectivity index (χ1) is 9.42. The van der Waals surface area contributed by atoms with Crippen LogP contribution < -0.4 is 0 Å². The lowest BCUT2D eigenvalue weighted by atomic mass is 9.80. The molecule has 5 nitrogen and oxygen atoms in total. The number of carboxylic acids is 1. The molecule has 1 aliphatic heterocycles. The van der Waals surface area contributed by atoms with Gasteiger partial charge in [-0.1, -0.05) is 12.2 Å². The molecule has 0 aromatic carbocycles. The van der Waals surface area contributed by atoms with Crippen LogP contribution in [-0.2, 0) is 9.59 Å². The molecule has 1 fully saturated rings. The molecule has 1 heterocycles. The van der Waals surface area contributed by atoms with Crippen molar-refractivity contribution in [2.75, 3.05) is 32.7 Å². The van der Waals surface area contributed by atoms with Gasteiger partial charge in [-0.25, -0.2) is 0 Å². The molecule has 1 amide bonds. The number of aliphatic carboxylic acids is 1. The third-order valence-corrected chi connectivity index (χ3v) is 3.89. The summed E-state index contributed by atoms with van der Waals surface area (Å²) in [6.07, 6.45) is 4.55. The van der Waals surface area contributed by atoms with Crippen LogP contribution in [0.15, 0.2) is 25.3 Å². The second kappa shape index (κ2) is 7.24. The van der Waals surface area contributed by atoms with Gasteiger partial charge in [0.25, 0.3) is 0 Å². The average Bonchev–Trinajstić information content (AvgIpc) is 2.41. The lowest BCUT2D eigenvalue weighted by Gasteiger charge is -2.36. The fourth-order valence-corrected chi connectivity index (χ4v) is 2.30. The maximum atomic E-state index is 12.2. The number of hydrogen-bond donors (Lipinski definition) is 1. The van der Waals surface area contributed by atoms with Gasteiger partial charge in [-0.15, -0.1) is 13.2 Å². The van der Waals surface area contributed by atoms with Crippen LogP contribution in [0.4, 0.5) is 0 Å². The van der Waals surface area contributed by atoms with E-state index in [1.807, 2.05) is 4.90 Å². The smallest absolute Gasteiger partial charge is 0.309 e. The molecule has 1 aliphatic rings. The molecule has 0 aromatic rings. The van der Waals surface area contributed by atoms with E-state index in [0.29, 0.717) is 45.6 Å². The highest BCUT2D eigenvalue weighted by molar-refractivity contribution is 5.79. The number of rotatable bonds is 7. The van der Waals surface area contributed by atoms with Gasteiger partial charge >= 0.3 is 5.97 Å². The van der Waals surface area contributed by atoms with Gasteiger partial charge in [0, 0.05) is 13.1 Å². The Hall–Kier alpha value is -1.62. The van der Waals surface area contributed by atoms with Crippen molar-refractivity contribution in [3.8, 4) is 0 Å². The zero-order valence-corrected chi connectivity index (χ0v) is 12.2. The fourth-order valence-electron chi connectivity index (χ4n) is 2.30. The van der Waals surface area contributed by atoms with Crippen molar-refractivity contribution in [2.24, 2.45) is 5.41 Å². The Balaban J connectivity index is 2.50. The summed E-state index contributed by atoms with van der Waals surface area (Å²) in [4.78, 5) is 27.0. The number of carbonyl (C=O) groups excluding carboxylic acids is 1. The molecule has 0 radical (unpaired) electrons. The van der Waals surface area contributed by atoms with Gasteiger partial charge in [-0.2, -0.15) is 0 Å². The van der Waals surface area contributed by atoms with Crippen molar-refractivity contribution in [2.45, 2.75) is 19.8 Å². The van der Waals surface area contributed by atoms with Gasteiger partial charge in [-0.3, -0.25) is 14.5 Å². The van der Waals surface area contributed by atoms with Crippen LogP contribution in [0.1, 0.15) is 19.8 Å². The van der Waals surface area contributed by atoms with Crippen molar-refractivity contribution in [1.29, 1.82) is 0 Å². The number of likely N-dealkylation sites (tertiary alicyclic amines) is 1. The second-order valence-corrected chi connectivity index (χ2v) is 5.52. The predicted octanol–water partition coefficient (Wildman–Crippen LogP) is 1.37. The minimum atomic E-state index is -0.747.